The van der Waals surface area contributed by atoms with Gasteiger partial charge in [-0.15, -0.1) is 0 Å². The summed E-state index contributed by atoms with van der Waals surface area (Å²) in [5.74, 6) is 2.17. The van der Waals surface area contributed by atoms with Gasteiger partial charge in [0.05, 0.1) is 4.90 Å². The van der Waals surface area contributed by atoms with Crippen molar-refractivity contribution >= 4 is 21.6 Å². The SMILES string of the molecule is CC(Oc1ccccc1)C(=O)Nc1ccc(S(=O)(=O)NC(C)C2CC3CCC2C3)cc1. The first-order chi connectivity index (χ1) is 14.8. The van der Waals surface area contributed by atoms with Crippen LogP contribution in [0.3, 0.4) is 0 Å². The Hall–Kier alpha value is -2.38. The molecule has 0 saturated heterocycles. The zero-order valence-electron chi connectivity index (χ0n) is 18.0. The Balaban J connectivity index is 1.34. The normalized spacial score (nSPS) is 24.5. The highest BCUT2D eigenvalue weighted by atomic mass is 32.2. The van der Waals surface area contributed by atoms with Gasteiger partial charge in [0.15, 0.2) is 6.10 Å². The number of para-hydroxylation sites is 1. The summed E-state index contributed by atoms with van der Waals surface area (Å²) in [4.78, 5) is 12.6. The largest absolute Gasteiger partial charge is 0.481 e. The number of fused-ring (bicyclic) bond motifs is 2. The lowest BCUT2D eigenvalue weighted by Gasteiger charge is -2.28. The van der Waals surface area contributed by atoms with Crippen LogP contribution in [0.2, 0.25) is 0 Å². The molecule has 5 unspecified atom stereocenters. The number of carbonyl (C=O) groups is 1. The van der Waals surface area contributed by atoms with E-state index in [1.165, 1.54) is 31.4 Å². The smallest absolute Gasteiger partial charge is 0.265 e. The Kier molecular flexibility index (Phi) is 6.34. The van der Waals surface area contributed by atoms with Crippen LogP contribution in [0.1, 0.15) is 39.5 Å². The van der Waals surface area contributed by atoms with Gasteiger partial charge in [0.25, 0.3) is 5.91 Å². The van der Waals surface area contributed by atoms with E-state index in [0.29, 0.717) is 23.3 Å². The second kappa shape index (κ2) is 9.01. The lowest BCUT2D eigenvalue weighted by atomic mass is 9.84. The fourth-order valence-electron chi connectivity index (χ4n) is 5.02. The monoisotopic (exact) mass is 442 g/mol. The van der Waals surface area contributed by atoms with Crippen LogP contribution in [0.5, 0.6) is 5.75 Å². The predicted octanol–water partition coefficient (Wildman–Crippen LogP) is 4.20. The number of rotatable bonds is 8. The standard InChI is InChI=1S/C24H30N2O4S/c1-16(23-15-18-8-9-19(23)14-18)26-31(28,29)22-12-10-20(11-13-22)25-24(27)17(2)30-21-6-4-3-5-7-21/h3-7,10-13,16-19,23,26H,8-9,14-15H2,1-2H3,(H,25,27). The van der Waals surface area contributed by atoms with E-state index in [1.807, 2.05) is 25.1 Å². The van der Waals surface area contributed by atoms with Crippen LogP contribution in [0, 0.1) is 17.8 Å². The van der Waals surface area contributed by atoms with Crippen molar-refractivity contribution < 1.29 is 17.9 Å². The van der Waals surface area contributed by atoms with Gasteiger partial charge in [-0.05, 0) is 87.3 Å². The topological polar surface area (TPSA) is 84.5 Å². The number of anilines is 1. The van der Waals surface area contributed by atoms with E-state index in [0.717, 1.165) is 12.3 Å². The van der Waals surface area contributed by atoms with Crippen molar-refractivity contribution in [2.45, 2.75) is 56.6 Å². The number of hydrogen-bond acceptors (Lipinski definition) is 4. The lowest BCUT2D eigenvalue weighted by molar-refractivity contribution is -0.122. The van der Waals surface area contributed by atoms with E-state index in [9.17, 15) is 13.2 Å². The molecule has 6 nitrogen and oxygen atoms in total. The van der Waals surface area contributed by atoms with E-state index in [2.05, 4.69) is 10.0 Å². The van der Waals surface area contributed by atoms with Crippen LogP contribution < -0.4 is 14.8 Å². The lowest BCUT2D eigenvalue weighted by Crippen LogP contribution is -2.40. The van der Waals surface area contributed by atoms with Gasteiger partial charge < -0.3 is 10.1 Å². The molecule has 2 N–H and O–H groups in total. The minimum atomic E-state index is -3.60. The summed E-state index contributed by atoms with van der Waals surface area (Å²) < 4.78 is 34.2. The molecule has 0 radical (unpaired) electrons. The van der Waals surface area contributed by atoms with Crippen molar-refractivity contribution in [3.8, 4) is 5.75 Å². The molecular weight excluding hydrogens is 412 g/mol. The third-order valence-electron chi connectivity index (χ3n) is 6.63. The molecule has 5 atom stereocenters. The van der Waals surface area contributed by atoms with Gasteiger partial charge in [-0.1, -0.05) is 24.6 Å². The van der Waals surface area contributed by atoms with Gasteiger partial charge in [0.1, 0.15) is 5.75 Å². The summed E-state index contributed by atoms with van der Waals surface area (Å²) in [7, 11) is -3.60. The van der Waals surface area contributed by atoms with E-state index in [1.54, 1.807) is 31.2 Å². The fourth-order valence-corrected chi connectivity index (χ4v) is 6.32. The maximum atomic E-state index is 12.8. The first kappa shape index (κ1) is 21.8. The van der Waals surface area contributed by atoms with Crippen LogP contribution in [0.15, 0.2) is 59.5 Å². The van der Waals surface area contributed by atoms with Crippen LogP contribution in [-0.2, 0) is 14.8 Å². The van der Waals surface area contributed by atoms with Crippen molar-refractivity contribution in [1.29, 1.82) is 0 Å². The van der Waals surface area contributed by atoms with Gasteiger partial charge >= 0.3 is 0 Å². The predicted molar refractivity (Wildman–Crippen MR) is 120 cm³/mol. The van der Waals surface area contributed by atoms with E-state index in [4.69, 9.17) is 4.74 Å². The van der Waals surface area contributed by atoms with Crippen LogP contribution in [0.25, 0.3) is 0 Å². The highest BCUT2D eigenvalue weighted by Gasteiger charge is 2.42. The summed E-state index contributed by atoms with van der Waals surface area (Å²) in [6.45, 7) is 3.65. The van der Waals surface area contributed by atoms with Gasteiger partial charge in [0.2, 0.25) is 10.0 Å². The summed E-state index contributed by atoms with van der Waals surface area (Å²) >= 11 is 0. The Labute approximate surface area is 184 Å². The fraction of sp³-hybridized carbons (Fsp3) is 0.458. The van der Waals surface area contributed by atoms with E-state index in [-0.39, 0.29) is 16.8 Å². The number of nitrogens with one attached hydrogen (secondary N) is 2. The average Bonchev–Trinajstić information content (AvgIpc) is 3.38. The van der Waals surface area contributed by atoms with Gasteiger partial charge in [0, 0.05) is 11.7 Å². The molecular formula is C24H30N2O4S. The third kappa shape index (κ3) is 5.10. The minimum absolute atomic E-state index is 0.0735. The van der Waals surface area contributed by atoms with Gasteiger partial charge in [-0.25, -0.2) is 13.1 Å². The number of hydrogen-bond donors (Lipinski definition) is 2. The molecule has 2 aromatic carbocycles. The first-order valence-electron chi connectivity index (χ1n) is 11.0. The molecule has 2 aliphatic rings. The molecule has 0 heterocycles. The quantitative estimate of drug-likeness (QED) is 0.642. The molecule has 2 bridgehead atoms. The van der Waals surface area contributed by atoms with Crippen molar-refractivity contribution in [3.63, 3.8) is 0 Å². The molecule has 0 aliphatic heterocycles. The van der Waals surface area contributed by atoms with Crippen molar-refractivity contribution in [3.05, 3.63) is 54.6 Å². The number of sulfonamides is 1. The average molecular weight is 443 g/mol. The number of ether oxygens (including phenoxy) is 1. The first-order valence-corrected chi connectivity index (χ1v) is 12.4. The molecule has 7 heteroatoms. The van der Waals surface area contributed by atoms with Crippen LogP contribution >= 0.6 is 0 Å². The molecule has 0 spiro atoms. The second-order valence-corrected chi connectivity index (χ2v) is 10.5. The molecule has 166 valence electrons. The summed E-state index contributed by atoms with van der Waals surface area (Å²) in [6, 6.07) is 15.3. The molecule has 2 aliphatic carbocycles. The molecule has 2 saturated carbocycles. The third-order valence-corrected chi connectivity index (χ3v) is 8.21. The molecule has 0 aromatic heterocycles. The zero-order valence-corrected chi connectivity index (χ0v) is 18.8. The Morgan fingerprint density at radius 2 is 1.71 bits per heavy atom. The van der Waals surface area contributed by atoms with Gasteiger partial charge in [-0.2, -0.15) is 0 Å². The molecule has 2 aromatic rings. The van der Waals surface area contributed by atoms with E-state index >= 15 is 0 Å². The zero-order chi connectivity index (χ0) is 22.0. The van der Waals surface area contributed by atoms with E-state index < -0.39 is 16.1 Å². The highest BCUT2D eigenvalue weighted by molar-refractivity contribution is 7.89. The number of carbonyl (C=O) groups excluding carboxylic acids is 1. The van der Waals surface area contributed by atoms with Gasteiger partial charge in [-0.3, -0.25) is 4.79 Å². The van der Waals surface area contributed by atoms with Crippen LogP contribution in [0.4, 0.5) is 5.69 Å². The van der Waals surface area contributed by atoms with Crippen LogP contribution in [-0.4, -0.2) is 26.5 Å². The Morgan fingerprint density at radius 1 is 1.00 bits per heavy atom. The summed E-state index contributed by atoms with van der Waals surface area (Å²) in [5, 5.41) is 2.77. The number of benzene rings is 2. The summed E-state index contributed by atoms with van der Waals surface area (Å²) in [6.07, 6.45) is 4.21. The maximum absolute atomic E-state index is 12.8. The molecule has 2 fully saturated rings. The molecule has 1 amide bonds. The second-order valence-electron chi connectivity index (χ2n) is 8.84. The van der Waals surface area contributed by atoms with Crippen molar-refractivity contribution in [2.24, 2.45) is 17.8 Å². The van der Waals surface area contributed by atoms with Crippen molar-refractivity contribution in [1.82, 2.24) is 4.72 Å². The molecule has 31 heavy (non-hydrogen) atoms. The Bertz CT molecular complexity index is 1010. The van der Waals surface area contributed by atoms with Crippen molar-refractivity contribution in [2.75, 3.05) is 5.32 Å². The summed E-state index contributed by atoms with van der Waals surface area (Å²) in [5.41, 5.74) is 0.522. The minimum Gasteiger partial charge on any atom is -0.481 e. The maximum Gasteiger partial charge on any atom is 0.265 e. The Morgan fingerprint density at radius 3 is 2.32 bits per heavy atom. The number of amides is 1. The highest BCUT2D eigenvalue weighted by Crippen LogP contribution is 2.49. The molecule has 4 rings (SSSR count).